The minimum Gasteiger partial charge on any atom is -0.478 e. The predicted molar refractivity (Wildman–Crippen MR) is 127 cm³/mol. The zero-order valence-electron chi connectivity index (χ0n) is 17.2. The molecule has 0 unspecified atom stereocenters. The van der Waals surface area contributed by atoms with E-state index in [1.807, 2.05) is 42.5 Å². The SMILES string of the molecule is O=C(O)c1ccc(-c2ccc(/C=C3/SC(=O)N(Cc4cccc5ccccc45)C3=O)o2)cc1. The van der Waals surface area contributed by atoms with Gasteiger partial charge in [0.2, 0.25) is 0 Å². The van der Waals surface area contributed by atoms with E-state index in [0.29, 0.717) is 22.0 Å². The molecule has 0 saturated carbocycles. The molecule has 0 bridgehead atoms. The van der Waals surface area contributed by atoms with Crippen molar-refractivity contribution in [2.45, 2.75) is 6.54 Å². The number of rotatable bonds is 5. The summed E-state index contributed by atoms with van der Waals surface area (Å²) in [6.45, 7) is 0.197. The van der Waals surface area contributed by atoms with E-state index in [0.717, 1.165) is 28.1 Å². The average molecular weight is 455 g/mol. The molecule has 5 rings (SSSR count). The summed E-state index contributed by atoms with van der Waals surface area (Å²) in [6.07, 6.45) is 1.56. The molecule has 1 aliphatic heterocycles. The van der Waals surface area contributed by atoms with E-state index in [4.69, 9.17) is 9.52 Å². The molecule has 0 radical (unpaired) electrons. The van der Waals surface area contributed by atoms with Crippen LogP contribution in [0.2, 0.25) is 0 Å². The molecule has 1 fully saturated rings. The number of carboxylic acid groups (broad SMARTS) is 1. The summed E-state index contributed by atoms with van der Waals surface area (Å²) in [4.78, 5) is 38.1. The second-order valence-corrected chi connectivity index (χ2v) is 8.48. The Bertz CT molecular complexity index is 1430. The van der Waals surface area contributed by atoms with Crippen LogP contribution in [-0.2, 0) is 11.3 Å². The summed E-state index contributed by atoms with van der Waals surface area (Å²) < 4.78 is 5.81. The molecule has 0 aliphatic carbocycles. The number of benzene rings is 3. The highest BCUT2D eigenvalue weighted by molar-refractivity contribution is 8.18. The molecular weight excluding hydrogens is 438 g/mol. The molecule has 1 N–H and O–H groups in total. The maximum Gasteiger partial charge on any atom is 0.335 e. The Kier molecular flexibility index (Phi) is 5.32. The summed E-state index contributed by atoms with van der Waals surface area (Å²) in [6, 6.07) is 23.5. The van der Waals surface area contributed by atoms with Crippen LogP contribution in [0.1, 0.15) is 21.7 Å². The van der Waals surface area contributed by atoms with Crippen LogP contribution >= 0.6 is 11.8 Å². The maximum absolute atomic E-state index is 13.0. The number of amides is 2. The van der Waals surface area contributed by atoms with E-state index in [2.05, 4.69) is 0 Å². The van der Waals surface area contributed by atoms with Crippen molar-refractivity contribution in [1.82, 2.24) is 4.90 Å². The fraction of sp³-hybridized carbons (Fsp3) is 0.0385. The van der Waals surface area contributed by atoms with Gasteiger partial charge in [-0.2, -0.15) is 0 Å². The van der Waals surface area contributed by atoms with Crippen LogP contribution in [0.3, 0.4) is 0 Å². The van der Waals surface area contributed by atoms with Gasteiger partial charge in [-0.25, -0.2) is 4.79 Å². The zero-order chi connectivity index (χ0) is 22.9. The molecule has 4 aromatic rings. The van der Waals surface area contributed by atoms with Gasteiger partial charge in [-0.15, -0.1) is 0 Å². The van der Waals surface area contributed by atoms with Crippen molar-refractivity contribution in [3.05, 3.63) is 101 Å². The van der Waals surface area contributed by atoms with E-state index in [9.17, 15) is 14.4 Å². The van der Waals surface area contributed by atoms with Crippen molar-refractivity contribution in [3.8, 4) is 11.3 Å². The highest BCUT2D eigenvalue weighted by atomic mass is 32.2. The average Bonchev–Trinajstić information content (AvgIpc) is 3.39. The molecule has 162 valence electrons. The lowest BCUT2D eigenvalue weighted by molar-refractivity contribution is -0.123. The molecule has 0 atom stereocenters. The van der Waals surface area contributed by atoms with Crippen molar-refractivity contribution < 1.29 is 23.9 Å². The monoisotopic (exact) mass is 455 g/mol. The van der Waals surface area contributed by atoms with Crippen LogP contribution in [0.25, 0.3) is 28.2 Å². The van der Waals surface area contributed by atoms with Gasteiger partial charge in [0.1, 0.15) is 11.5 Å². The number of fused-ring (bicyclic) bond motifs is 1. The molecule has 1 aliphatic rings. The summed E-state index contributed by atoms with van der Waals surface area (Å²) in [7, 11) is 0. The summed E-state index contributed by atoms with van der Waals surface area (Å²) in [5, 5.41) is 10.8. The molecule has 0 spiro atoms. The molecule has 7 heteroatoms. The van der Waals surface area contributed by atoms with Crippen LogP contribution in [-0.4, -0.2) is 27.1 Å². The Balaban J connectivity index is 1.37. The lowest BCUT2D eigenvalue weighted by atomic mass is 10.0. The first-order chi connectivity index (χ1) is 16.0. The number of hydrogen-bond donors (Lipinski definition) is 1. The molecular formula is C26H17NO5S. The first-order valence-corrected chi connectivity index (χ1v) is 11.0. The summed E-state index contributed by atoms with van der Waals surface area (Å²) in [5.74, 6) is -0.390. The number of aromatic carboxylic acids is 1. The van der Waals surface area contributed by atoms with E-state index in [1.165, 1.54) is 17.0 Å². The fourth-order valence-electron chi connectivity index (χ4n) is 3.73. The minimum atomic E-state index is -0.999. The quantitative estimate of drug-likeness (QED) is 0.370. The van der Waals surface area contributed by atoms with Crippen LogP contribution in [0, 0.1) is 0 Å². The molecule has 6 nitrogen and oxygen atoms in total. The van der Waals surface area contributed by atoms with Crippen molar-refractivity contribution >= 4 is 45.7 Å². The second-order valence-electron chi connectivity index (χ2n) is 7.49. The molecule has 2 amide bonds. The first-order valence-electron chi connectivity index (χ1n) is 10.2. The molecule has 1 aromatic heterocycles. The largest absolute Gasteiger partial charge is 0.478 e. The maximum atomic E-state index is 13.0. The number of furan rings is 1. The highest BCUT2D eigenvalue weighted by Crippen LogP contribution is 2.35. The molecule has 1 saturated heterocycles. The van der Waals surface area contributed by atoms with Crippen LogP contribution in [0.15, 0.2) is 88.2 Å². The van der Waals surface area contributed by atoms with Gasteiger partial charge in [0, 0.05) is 11.6 Å². The number of carbonyl (C=O) groups is 3. The van der Waals surface area contributed by atoms with Crippen LogP contribution in [0.5, 0.6) is 0 Å². The van der Waals surface area contributed by atoms with E-state index in [1.54, 1.807) is 30.3 Å². The normalized spacial score (nSPS) is 15.0. The lowest BCUT2D eigenvalue weighted by Gasteiger charge is -2.14. The van der Waals surface area contributed by atoms with E-state index >= 15 is 0 Å². The Hall–Kier alpha value is -4.10. The minimum absolute atomic E-state index is 0.186. The topological polar surface area (TPSA) is 87.8 Å². The number of thioether (sulfide) groups is 1. The number of carboxylic acids is 1. The van der Waals surface area contributed by atoms with E-state index in [-0.39, 0.29) is 23.3 Å². The van der Waals surface area contributed by atoms with Crippen molar-refractivity contribution in [2.75, 3.05) is 0 Å². The fourth-order valence-corrected chi connectivity index (χ4v) is 4.55. The van der Waals surface area contributed by atoms with Gasteiger partial charge >= 0.3 is 5.97 Å². The zero-order valence-corrected chi connectivity index (χ0v) is 18.0. The van der Waals surface area contributed by atoms with Crippen molar-refractivity contribution in [2.24, 2.45) is 0 Å². The number of imide groups is 1. The van der Waals surface area contributed by atoms with Crippen molar-refractivity contribution in [3.63, 3.8) is 0 Å². The van der Waals surface area contributed by atoms with E-state index < -0.39 is 5.97 Å². The molecule has 2 heterocycles. The number of hydrogen-bond acceptors (Lipinski definition) is 5. The lowest BCUT2D eigenvalue weighted by Crippen LogP contribution is -2.27. The third-order valence-corrected chi connectivity index (χ3v) is 6.31. The second kappa shape index (κ2) is 8.44. The third kappa shape index (κ3) is 4.06. The summed E-state index contributed by atoms with van der Waals surface area (Å²) in [5.41, 5.74) is 1.80. The third-order valence-electron chi connectivity index (χ3n) is 5.40. The van der Waals surface area contributed by atoms with Crippen LogP contribution < -0.4 is 0 Å². The summed E-state index contributed by atoms with van der Waals surface area (Å²) >= 11 is 0.885. The Morgan fingerprint density at radius 3 is 2.48 bits per heavy atom. The van der Waals surface area contributed by atoms with Crippen LogP contribution in [0.4, 0.5) is 4.79 Å². The highest BCUT2D eigenvalue weighted by Gasteiger charge is 2.35. The smallest absolute Gasteiger partial charge is 0.335 e. The predicted octanol–water partition coefficient (Wildman–Crippen LogP) is 6.03. The van der Waals surface area contributed by atoms with Gasteiger partial charge < -0.3 is 9.52 Å². The standard InChI is InChI=1S/C26H17NO5S/c28-24-23(14-20-12-13-22(32-20)17-8-10-18(11-9-17)25(29)30)33-26(31)27(24)15-19-6-3-5-16-4-1-2-7-21(16)19/h1-14H,15H2,(H,29,30)/b23-14+. The van der Waals surface area contributed by atoms with Gasteiger partial charge in [-0.3, -0.25) is 14.5 Å². The van der Waals surface area contributed by atoms with Gasteiger partial charge in [-0.05, 0) is 52.4 Å². The Morgan fingerprint density at radius 1 is 0.939 bits per heavy atom. The Labute approximate surface area is 193 Å². The number of carbonyl (C=O) groups excluding carboxylic acids is 2. The van der Waals surface area contributed by atoms with Gasteiger partial charge in [0.15, 0.2) is 0 Å². The number of nitrogens with zero attached hydrogens (tertiary/aromatic N) is 1. The molecule has 33 heavy (non-hydrogen) atoms. The van der Waals surface area contributed by atoms with Gasteiger partial charge in [-0.1, -0.05) is 54.6 Å². The molecule has 3 aromatic carbocycles. The van der Waals surface area contributed by atoms with Gasteiger partial charge in [0.05, 0.1) is 17.0 Å². The first kappa shape index (κ1) is 20.8. The Morgan fingerprint density at radius 2 is 1.70 bits per heavy atom. The van der Waals surface area contributed by atoms with Crippen molar-refractivity contribution in [1.29, 1.82) is 0 Å². The van der Waals surface area contributed by atoms with Gasteiger partial charge in [0.25, 0.3) is 11.1 Å².